The highest BCUT2D eigenvalue weighted by molar-refractivity contribution is 5.94. The number of aryl methyl sites for hydroxylation is 1. The molecule has 3 aromatic rings. The Morgan fingerprint density at radius 3 is 2.50 bits per heavy atom. The number of ether oxygens (including phenoxy) is 2. The summed E-state index contributed by atoms with van der Waals surface area (Å²) in [7, 11) is 0. The third kappa shape index (κ3) is 4.86. The summed E-state index contributed by atoms with van der Waals surface area (Å²) < 4.78 is 12.8. The predicted molar refractivity (Wildman–Crippen MR) is 115 cm³/mol. The monoisotopic (exact) mass is 406 g/mol. The molecule has 0 aliphatic heterocycles. The molecule has 30 heavy (non-hydrogen) atoms. The van der Waals surface area contributed by atoms with Crippen molar-refractivity contribution >= 4 is 11.6 Å². The highest BCUT2D eigenvalue weighted by atomic mass is 16.5. The van der Waals surface area contributed by atoms with E-state index in [1.807, 2.05) is 62.4 Å². The van der Waals surface area contributed by atoms with Crippen LogP contribution in [-0.2, 0) is 9.53 Å². The lowest BCUT2D eigenvalue weighted by atomic mass is 10.1. The second kappa shape index (κ2) is 9.09. The quantitative estimate of drug-likeness (QED) is 0.543. The number of aromatic nitrogens is 3. The van der Waals surface area contributed by atoms with Crippen LogP contribution in [0.2, 0.25) is 0 Å². The van der Waals surface area contributed by atoms with E-state index in [-0.39, 0.29) is 11.8 Å². The predicted octanol–water partition coefficient (Wildman–Crippen LogP) is 4.01. The number of benzene rings is 2. The van der Waals surface area contributed by atoms with Gasteiger partial charge in [-0.25, -0.2) is 4.68 Å². The van der Waals surface area contributed by atoms with Gasteiger partial charge < -0.3 is 14.8 Å². The summed E-state index contributed by atoms with van der Waals surface area (Å²) in [6.45, 7) is 5.51. The highest BCUT2D eigenvalue weighted by Gasteiger charge is 2.29. The molecule has 156 valence electrons. The second-order valence-corrected chi connectivity index (χ2v) is 7.35. The molecule has 1 amide bonds. The van der Waals surface area contributed by atoms with Gasteiger partial charge in [0.25, 0.3) is 0 Å². The van der Waals surface area contributed by atoms with Crippen molar-refractivity contribution in [3.63, 3.8) is 0 Å². The Kier molecular flexibility index (Phi) is 6.09. The lowest BCUT2D eigenvalue weighted by molar-refractivity contribution is -0.117. The molecule has 1 aliphatic carbocycles. The molecule has 7 heteroatoms. The lowest BCUT2D eigenvalue weighted by Gasteiger charge is -2.08. The Morgan fingerprint density at radius 2 is 1.83 bits per heavy atom. The summed E-state index contributed by atoms with van der Waals surface area (Å²) in [5, 5.41) is 7.50. The number of anilines is 1. The van der Waals surface area contributed by atoms with Crippen molar-refractivity contribution in [2.45, 2.75) is 26.7 Å². The average Bonchev–Trinajstić information content (AvgIpc) is 3.53. The Morgan fingerprint density at radius 1 is 1.10 bits per heavy atom. The molecule has 0 spiro atoms. The Labute approximate surface area is 176 Å². The van der Waals surface area contributed by atoms with Gasteiger partial charge in [-0.1, -0.05) is 29.8 Å². The number of hydrogen-bond donors (Lipinski definition) is 1. The Hall–Kier alpha value is -3.19. The van der Waals surface area contributed by atoms with Crippen molar-refractivity contribution in [1.82, 2.24) is 14.8 Å². The van der Waals surface area contributed by atoms with E-state index >= 15 is 0 Å². The number of rotatable bonds is 9. The molecule has 1 fully saturated rings. The molecule has 4 rings (SSSR count). The summed E-state index contributed by atoms with van der Waals surface area (Å²) in [4.78, 5) is 16.6. The average molecular weight is 406 g/mol. The fraction of sp³-hybridized carbons (Fsp3) is 0.348. The lowest BCUT2D eigenvalue weighted by Crippen LogP contribution is -2.13. The first-order chi connectivity index (χ1) is 14.6. The van der Waals surface area contributed by atoms with Crippen LogP contribution in [0.3, 0.4) is 0 Å². The van der Waals surface area contributed by atoms with E-state index in [0.717, 1.165) is 29.8 Å². The third-order valence-corrected chi connectivity index (χ3v) is 4.89. The van der Waals surface area contributed by atoms with E-state index in [2.05, 4.69) is 15.4 Å². The van der Waals surface area contributed by atoms with E-state index in [9.17, 15) is 4.79 Å². The zero-order valence-electron chi connectivity index (χ0n) is 17.3. The normalized spacial score (nSPS) is 13.3. The second-order valence-electron chi connectivity index (χ2n) is 7.35. The van der Waals surface area contributed by atoms with E-state index in [0.29, 0.717) is 31.7 Å². The Bertz CT molecular complexity index is 992. The van der Waals surface area contributed by atoms with Crippen molar-refractivity contribution < 1.29 is 14.3 Å². The van der Waals surface area contributed by atoms with Crippen LogP contribution < -0.4 is 10.1 Å². The first-order valence-electron chi connectivity index (χ1n) is 10.3. The fourth-order valence-electron chi connectivity index (χ4n) is 3.04. The topological polar surface area (TPSA) is 78.3 Å². The maximum absolute atomic E-state index is 12.0. The van der Waals surface area contributed by atoms with Gasteiger partial charge in [-0.15, -0.1) is 5.10 Å². The summed E-state index contributed by atoms with van der Waals surface area (Å²) in [6.07, 6.45) is 1.96. The van der Waals surface area contributed by atoms with Crippen molar-refractivity contribution in [2.24, 2.45) is 5.92 Å². The molecular formula is C23H26N4O3. The van der Waals surface area contributed by atoms with Gasteiger partial charge in [0.05, 0.1) is 12.3 Å². The van der Waals surface area contributed by atoms with Crippen molar-refractivity contribution in [2.75, 3.05) is 25.1 Å². The third-order valence-electron chi connectivity index (χ3n) is 4.89. The minimum Gasteiger partial charge on any atom is -0.460 e. The molecule has 1 aromatic heterocycles. The minimum absolute atomic E-state index is 0.0915. The molecular weight excluding hydrogens is 380 g/mol. The van der Waals surface area contributed by atoms with Crippen molar-refractivity contribution in [1.29, 1.82) is 0 Å². The largest absolute Gasteiger partial charge is 0.460 e. The van der Waals surface area contributed by atoms with Crippen LogP contribution in [0, 0.1) is 12.8 Å². The fourth-order valence-corrected chi connectivity index (χ4v) is 3.04. The molecule has 1 N–H and O–H groups in total. The van der Waals surface area contributed by atoms with Crippen LogP contribution in [-0.4, -0.2) is 40.5 Å². The van der Waals surface area contributed by atoms with Crippen molar-refractivity contribution in [3.05, 3.63) is 54.1 Å². The highest BCUT2D eigenvalue weighted by Crippen LogP contribution is 2.30. The summed E-state index contributed by atoms with van der Waals surface area (Å²) in [5.41, 5.74) is 3.73. The van der Waals surface area contributed by atoms with Gasteiger partial charge in [0.1, 0.15) is 6.61 Å². The van der Waals surface area contributed by atoms with E-state index in [4.69, 9.17) is 9.47 Å². The maximum atomic E-state index is 12.0. The Balaban J connectivity index is 1.58. The van der Waals surface area contributed by atoms with Gasteiger partial charge in [-0.3, -0.25) is 4.79 Å². The van der Waals surface area contributed by atoms with Crippen LogP contribution in [0.15, 0.2) is 48.5 Å². The first-order valence-corrected chi connectivity index (χ1v) is 10.3. The van der Waals surface area contributed by atoms with Gasteiger partial charge in [-0.05, 0) is 51.0 Å². The van der Waals surface area contributed by atoms with Crippen LogP contribution in [0.25, 0.3) is 17.1 Å². The summed E-state index contributed by atoms with van der Waals surface area (Å²) >= 11 is 0. The SMILES string of the molecule is CCOCCOc1nc(-c2ccc(C)cc2)n(-c2ccc(NC(=O)C3CC3)cc2)n1. The first kappa shape index (κ1) is 20.1. The van der Waals surface area contributed by atoms with Crippen LogP contribution in [0.4, 0.5) is 5.69 Å². The molecule has 2 aromatic carbocycles. The zero-order chi connectivity index (χ0) is 20.9. The molecule has 0 unspecified atom stereocenters. The van der Waals surface area contributed by atoms with Gasteiger partial charge in [0.15, 0.2) is 5.82 Å². The molecule has 0 radical (unpaired) electrons. The zero-order valence-corrected chi connectivity index (χ0v) is 17.3. The number of hydrogen-bond acceptors (Lipinski definition) is 5. The smallest absolute Gasteiger partial charge is 0.336 e. The number of nitrogens with zero attached hydrogens (tertiary/aromatic N) is 3. The maximum Gasteiger partial charge on any atom is 0.336 e. The van der Waals surface area contributed by atoms with E-state index in [1.165, 1.54) is 5.56 Å². The number of amides is 1. The number of carbonyl (C=O) groups excluding carboxylic acids is 1. The van der Waals surface area contributed by atoms with Gasteiger partial charge in [0.2, 0.25) is 5.91 Å². The molecule has 7 nitrogen and oxygen atoms in total. The van der Waals surface area contributed by atoms with E-state index in [1.54, 1.807) is 4.68 Å². The van der Waals surface area contributed by atoms with E-state index < -0.39 is 0 Å². The van der Waals surface area contributed by atoms with Crippen LogP contribution >= 0.6 is 0 Å². The molecule has 0 atom stereocenters. The molecule has 0 bridgehead atoms. The van der Waals surface area contributed by atoms with Crippen LogP contribution in [0.5, 0.6) is 6.01 Å². The number of nitrogens with one attached hydrogen (secondary N) is 1. The van der Waals surface area contributed by atoms with Gasteiger partial charge >= 0.3 is 6.01 Å². The number of carbonyl (C=O) groups is 1. The standard InChI is InChI=1S/C23H26N4O3/c1-3-29-14-15-30-23-25-21(17-6-4-16(2)5-7-17)27(26-23)20-12-10-19(11-13-20)24-22(28)18-8-9-18/h4-7,10-13,18H,3,8-9,14-15H2,1-2H3,(H,24,28). The van der Waals surface area contributed by atoms with Gasteiger partial charge in [-0.2, -0.15) is 4.98 Å². The van der Waals surface area contributed by atoms with Gasteiger partial charge in [0, 0.05) is 23.8 Å². The molecule has 1 heterocycles. The van der Waals surface area contributed by atoms with Crippen molar-refractivity contribution in [3.8, 4) is 23.1 Å². The summed E-state index contributed by atoms with van der Waals surface area (Å²) in [5.74, 6) is 0.953. The minimum atomic E-state index is 0.0915. The summed E-state index contributed by atoms with van der Waals surface area (Å²) in [6, 6.07) is 16.0. The molecule has 1 aliphatic rings. The molecule has 1 saturated carbocycles. The van der Waals surface area contributed by atoms with Crippen LogP contribution in [0.1, 0.15) is 25.3 Å². The molecule has 0 saturated heterocycles.